The van der Waals surface area contributed by atoms with Crippen molar-refractivity contribution in [2.45, 2.75) is 39.4 Å². The first kappa shape index (κ1) is 15.2. The van der Waals surface area contributed by atoms with Gasteiger partial charge in [0, 0.05) is 0 Å². The SMILES string of the molecule is Cc1ccc(C(Br)c2c(C)c(C)cc(C)c2C)cc1F. The second-order valence-corrected chi connectivity index (χ2v) is 6.46. The topological polar surface area (TPSA) is 0 Å². The van der Waals surface area contributed by atoms with E-state index in [4.69, 9.17) is 0 Å². The third kappa shape index (κ3) is 2.67. The van der Waals surface area contributed by atoms with E-state index in [-0.39, 0.29) is 10.6 Å². The summed E-state index contributed by atoms with van der Waals surface area (Å²) in [7, 11) is 0. The Kier molecular flexibility index (Phi) is 4.33. The largest absolute Gasteiger partial charge is 0.207 e. The Morgan fingerprint density at radius 1 is 0.850 bits per heavy atom. The van der Waals surface area contributed by atoms with E-state index in [1.54, 1.807) is 13.0 Å². The average molecular weight is 335 g/mol. The van der Waals surface area contributed by atoms with E-state index in [1.807, 2.05) is 12.1 Å². The van der Waals surface area contributed by atoms with Gasteiger partial charge in [0.25, 0.3) is 0 Å². The van der Waals surface area contributed by atoms with Crippen molar-refractivity contribution in [2.75, 3.05) is 0 Å². The molecule has 0 aliphatic carbocycles. The van der Waals surface area contributed by atoms with Gasteiger partial charge in [-0.2, -0.15) is 0 Å². The molecule has 2 heteroatoms. The second-order valence-electron chi connectivity index (χ2n) is 5.55. The lowest BCUT2D eigenvalue weighted by atomic mass is 9.90. The first-order chi connectivity index (χ1) is 9.32. The van der Waals surface area contributed by atoms with Crippen LogP contribution in [0.5, 0.6) is 0 Å². The molecule has 20 heavy (non-hydrogen) atoms. The smallest absolute Gasteiger partial charge is 0.126 e. The molecule has 0 bridgehead atoms. The maximum absolute atomic E-state index is 13.8. The Labute approximate surface area is 129 Å². The summed E-state index contributed by atoms with van der Waals surface area (Å²) in [6.45, 7) is 10.3. The van der Waals surface area contributed by atoms with Gasteiger partial charge in [-0.05, 0) is 79.6 Å². The van der Waals surface area contributed by atoms with Crippen LogP contribution in [0.15, 0.2) is 24.3 Å². The number of halogens is 2. The lowest BCUT2D eigenvalue weighted by Crippen LogP contribution is -2.03. The van der Waals surface area contributed by atoms with Crippen LogP contribution in [0.25, 0.3) is 0 Å². The van der Waals surface area contributed by atoms with Crippen LogP contribution in [0.2, 0.25) is 0 Å². The molecule has 0 N–H and O–H groups in total. The van der Waals surface area contributed by atoms with E-state index >= 15 is 0 Å². The van der Waals surface area contributed by atoms with Gasteiger partial charge >= 0.3 is 0 Å². The zero-order valence-corrected chi connectivity index (χ0v) is 14.2. The van der Waals surface area contributed by atoms with Crippen molar-refractivity contribution in [1.29, 1.82) is 0 Å². The first-order valence-corrected chi connectivity index (χ1v) is 7.72. The van der Waals surface area contributed by atoms with Crippen molar-refractivity contribution in [1.82, 2.24) is 0 Å². The molecular formula is C18H20BrF. The highest BCUT2D eigenvalue weighted by atomic mass is 79.9. The van der Waals surface area contributed by atoms with Crippen LogP contribution >= 0.6 is 15.9 Å². The molecular weight excluding hydrogens is 315 g/mol. The van der Waals surface area contributed by atoms with Crippen LogP contribution in [0.1, 0.15) is 43.8 Å². The van der Waals surface area contributed by atoms with Crippen molar-refractivity contribution in [3.8, 4) is 0 Å². The lowest BCUT2D eigenvalue weighted by Gasteiger charge is -2.20. The van der Waals surface area contributed by atoms with Gasteiger partial charge in [-0.25, -0.2) is 4.39 Å². The number of hydrogen-bond acceptors (Lipinski definition) is 0. The van der Waals surface area contributed by atoms with Gasteiger partial charge in [0.05, 0.1) is 4.83 Å². The molecule has 2 aromatic carbocycles. The highest BCUT2D eigenvalue weighted by Crippen LogP contribution is 2.37. The predicted octanol–water partition coefficient (Wildman–Crippen LogP) is 5.85. The van der Waals surface area contributed by atoms with Gasteiger partial charge in [-0.1, -0.05) is 34.1 Å². The normalized spacial score (nSPS) is 12.6. The quantitative estimate of drug-likeness (QED) is 0.604. The molecule has 1 unspecified atom stereocenters. The monoisotopic (exact) mass is 334 g/mol. The van der Waals surface area contributed by atoms with E-state index < -0.39 is 0 Å². The fraction of sp³-hybridized carbons (Fsp3) is 0.333. The predicted molar refractivity (Wildman–Crippen MR) is 87.3 cm³/mol. The summed E-state index contributed by atoms with van der Waals surface area (Å²) in [6.07, 6.45) is 0. The van der Waals surface area contributed by atoms with Crippen LogP contribution in [0, 0.1) is 40.4 Å². The molecule has 0 amide bonds. The summed E-state index contributed by atoms with van der Waals surface area (Å²) < 4.78 is 13.8. The summed E-state index contributed by atoms with van der Waals surface area (Å²) in [6, 6.07) is 7.68. The van der Waals surface area contributed by atoms with Crippen molar-refractivity contribution >= 4 is 15.9 Å². The third-order valence-corrected chi connectivity index (χ3v) is 5.15. The minimum atomic E-state index is -0.147. The number of hydrogen-bond donors (Lipinski definition) is 0. The molecule has 106 valence electrons. The first-order valence-electron chi connectivity index (χ1n) is 6.80. The summed E-state index contributed by atoms with van der Waals surface area (Å²) in [5, 5.41) is 0. The van der Waals surface area contributed by atoms with Crippen molar-refractivity contribution < 1.29 is 4.39 Å². The lowest BCUT2D eigenvalue weighted by molar-refractivity contribution is 0.616. The van der Waals surface area contributed by atoms with Gasteiger partial charge in [0.1, 0.15) is 5.82 Å². The average Bonchev–Trinajstić information content (AvgIpc) is 2.40. The number of benzene rings is 2. The molecule has 0 aliphatic heterocycles. The summed E-state index contributed by atoms with van der Waals surface area (Å²) in [4.78, 5) is 0.0243. The Hall–Kier alpha value is -1.15. The highest BCUT2D eigenvalue weighted by Gasteiger charge is 2.18. The minimum absolute atomic E-state index is 0.0243. The Morgan fingerprint density at radius 2 is 1.40 bits per heavy atom. The number of rotatable bonds is 2. The Bertz CT molecular complexity index is 633. The minimum Gasteiger partial charge on any atom is -0.207 e. The van der Waals surface area contributed by atoms with Crippen LogP contribution in [0.3, 0.4) is 0 Å². The molecule has 0 saturated heterocycles. The Morgan fingerprint density at radius 3 is 1.90 bits per heavy atom. The molecule has 1 atom stereocenters. The van der Waals surface area contributed by atoms with E-state index in [2.05, 4.69) is 49.7 Å². The zero-order valence-electron chi connectivity index (χ0n) is 12.6. The van der Waals surface area contributed by atoms with Crippen molar-refractivity contribution in [3.05, 3.63) is 69.0 Å². The van der Waals surface area contributed by atoms with Gasteiger partial charge in [-0.15, -0.1) is 0 Å². The Balaban J connectivity index is 2.58. The van der Waals surface area contributed by atoms with Gasteiger partial charge in [-0.3, -0.25) is 0 Å². The van der Waals surface area contributed by atoms with Gasteiger partial charge < -0.3 is 0 Å². The van der Waals surface area contributed by atoms with E-state index in [0.29, 0.717) is 5.56 Å². The summed E-state index contributed by atoms with van der Waals surface area (Å²) >= 11 is 3.76. The third-order valence-electron chi connectivity index (χ3n) is 4.17. The zero-order chi connectivity index (χ0) is 15.0. The van der Waals surface area contributed by atoms with E-state index in [0.717, 1.165) is 5.56 Å². The van der Waals surface area contributed by atoms with Gasteiger partial charge in [0.2, 0.25) is 0 Å². The van der Waals surface area contributed by atoms with Crippen LogP contribution in [-0.4, -0.2) is 0 Å². The fourth-order valence-electron chi connectivity index (χ4n) is 2.56. The number of aryl methyl sites for hydroxylation is 3. The van der Waals surface area contributed by atoms with E-state index in [1.165, 1.54) is 27.8 Å². The van der Waals surface area contributed by atoms with E-state index in [9.17, 15) is 4.39 Å². The van der Waals surface area contributed by atoms with Crippen molar-refractivity contribution in [2.24, 2.45) is 0 Å². The fourth-order valence-corrected chi connectivity index (χ4v) is 3.53. The second kappa shape index (κ2) is 5.69. The molecule has 0 heterocycles. The molecule has 0 spiro atoms. The molecule has 2 aromatic rings. The molecule has 0 radical (unpaired) electrons. The maximum atomic E-state index is 13.8. The summed E-state index contributed by atoms with van der Waals surface area (Å²) in [5.74, 6) is -0.147. The molecule has 0 aliphatic rings. The molecule has 0 saturated carbocycles. The standard InChI is InChI=1S/C18H20BrF/c1-10-6-7-15(9-16(10)20)18(19)17-13(4)11(2)8-12(3)14(17)5/h6-9,18H,1-5H3. The maximum Gasteiger partial charge on any atom is 0.126 e. The molecule has 0 nitrogen and oxygen atoms in total. The summed E-state index contributed by atoms with van der Waals surface area (Å²) in [5.41, 5.74) is 8.00. The number of alkyl halides is 1. The van der Waals surface area contributed by atoms with Gasteiger partial charge in [0.15, 0.2) is 0 Å². The van der Waals surface area contributed by atoms with Crippen LogP contribution < -0.4 is 0 Å². The molecule has 0 fully saturated rings. The molecule has 2 rings (SSSR count). The van der Waals surface area contributed by atoms with Crippen LogP contribution in [0.4, 0.5) is 4.39 Å². The van der Waals surface area contributed by atoms with Crippen LogP contribution in [-0.2, 0) is 0 Å². The highest BCUT2D eigenvalue weighted by molar-refractivity contribution is 9.09. The molecule has 0 aromatic heterocycles. The van der Waals surface area contributed by atoms with Crippen molar-refractivity contribution in [3.63, 3.8) is 0 Å².